The van der Waals surface area contributed by atoms with E-state index in [1.165, 1.54) is 12.1 Å². The van der Waals surface area contributed by atoms with Crippen LogP contribution in [0.4, 0.5) is 24.5 Å². The van der Waals surface area contributed by atoms with Crippen molar-refractivity contribution in [2.24, 2.45) is 0 Å². The second-order valence-corrected chi connectivity index (χ2v) is 6.68. The Balaban J connectivity index is 1.58. The normalized spacial score (nSPS) is 11.3. The molecule has 1 amide bonds. The summed E-state index contributed by atoms with van der Waals surface area (Å²) in [5.41, 5.74) is 3.72. The van der Waals surface area contributed by atoms with Gasteiger partial charge in [0, 0.05) is 17.2 Å². The van der Waals surface area contributed by atoms with Gasteiger partial charge in [0.05, 0.1) is 15.9 Å². The quantitative estimate of drug-likeness (QED) is 0.326. The largest absolute Gasteiger partial charge is 0.416 e. The third-order valence-corrected chi connectivity index (χ3v) is 4.61. The number of nitrogens with one attached hydrogen (secondary N) is 2. The summed E-state index contributed by atoms with van der Waals surface area (Å²) >= 11 is 0. The van der Waals surface area contributed by atoms with E-state index in [0.29, 0.717) is 28.8 Å². The maximum Gasteiger partial charge on any atom is 0.416 e. The van der Waals surface area contributed by atoms with Gasteiger partial charge in [0.2, 0.25) is 0 Å². The lowest BCUT2D eigenvalue weighted by molar-refractivity contribution is -0.384. The Bertz CT molecular complexity index is 1320. The van der Waals surface area contributed by atoms with E-state index < -0.39 is 28.3 Å². The highest BCUT2D eigenvalue weighted by atomic mass is 19.4. The standard InChI is InChI=1S/C21H13F3N4O4/c22-21(23,24)14-7-9-17(18(11-14)28(30)31)25-26-20(29)13-6-8-16-15(10-13)19(32-27-16)12-4-2-1-3-5-12/h1-11,25H,(H,26,29). The molecule has 4 aromatic rings. The van der Waals surface area contributed by atoms with Crippen LogP contribution in [0.1, 0.15) is 15.9 Å². The third-order valence-electron chi connectivity index (χ3n) is 4.61. The second-order valence-electron chi connectivity index (χ2n) is 6.68. The van der Waals surface area contributed by atoms with Gasteiger partial charge < -0.3 is 4.52 Å². The summed E-state index contributed by atoms with van der Waals surface area (Å²) in [6.07, 6.45) is -4.74. The van der Waals surface area contributed by atoms with Gasteiger partial charge in [0.25, 0.3) is 11.6 Å². The molecule has 0 bridgehead atoms. The van der Waals surface area contributed by atoms with Crippen LogP contribution < -0.4 is 10.9 Å². The van der Waals surface area contributed by atoms with Crippen molar-refractivity contribution in [3.8, 4) is 11.3 Å². The lowest BCUT2D eigenvalue weighted by Crippen LogP contribution is -2.29. The van der Waals surface area contributed by atoms with Gasteiger partial charge in [0.1, 0.15) is 11.2 Å². The van der Waals surface area contributed by atoms with Crippen molar-refractivity contribution in [3.63, 3.8) is 0 Å². The minimum absolute atomic E-state index is 0.181. The zero-order valence-corrected chi connectivity index (χ0v) is 16.0. The Hall–Kier alpha value is -4.41. The smallest absolute Gasteiger partial charge is 0.355 e. The molecule has 0 spiro atoms. The Kier molecular flexibility index (Phi) is 5.23. The average Bonchev–Trinajstić information content (AvgIpc) is 3.20. The fourth-order valence-electron chi connectivity index (χ4n) is 3.04. The maximum atomic E-state index is 12.8. The van der Waals surface area contributed by atoms with Gasteiger partial charge in [-0.15, -0.1) is 0 Å². The number of alkyl halides is 3. The highest BCUT2D eigenvalue weighted by Gasteiger charge is 2.33. The monoisotopic (exact) mass is 442 g/mol. The minimum atomic E-state index is -4.74. The molecule has 0 radical (unpaired) electrons. The minimum Gasteiger partial charge on any atom is -0.355 e. The molecular weight excluding hydrogens is 429 g/mol. The summed E-state index contributed by atoms with van der Waals surface area (Å²) in [6, 6.07) is 15.6. The van der Waals surface area contributed by atoms with Crippen LogP contribution in [0.25, 0.3) is 22.2 Å². The number of hydrazine groups is 1. The number of fused-ring (bicyclic) bond motifs is 1. The van der Waals surface area contributed by atoms with E-state index in [-0.39, 0.29) is 11.3 Å². The molecule has 0 atom stereocenters. The molecule has 0 aliphatic heterocycles. The highest BCUT2D eigenvalue weighted by molar-refractivity contribution is 6.01. The molecule has 0 saturated heterocycles. The van der Waals surface area contributed by atoms with Crippen molar-refractivity contribution in [1.29, 1.82) is 0 Å². The van der Waals surface area contributed by atoms with Crippen molar-refractivity contribution in [2.75, 3.05) is 5.43 Å². The Morgan fingerprint density at radius 2 is 1.78 bits per heavy atom. The van der Waals surface area contributed by atoms with E-state index in [1.807, 2.05) is 30.3 Å². The fourth-order valence-corrected chi connectivity index (χ4v) is 3.04. The van der Waals surface area contributed by atoms with Crippen molar-refractivity contribution in [3.05, 3.63) is 88.0 Å². The van der Waals surface area contributed by atoms with Gasteiger partial charge >= 0.3 is 6.18 Å². The van der Waals surface area contributed by atoms with Crippen LogP contribution >= 0.6 is 0 Å². The molecule has 0 aliphatic rings. The zero-order valence-electron chi connectivity index (χ0n) is 16.0. The van der Waals surface area contributed by atoms with Gasteiger partial charge in [-0.1, -0.05) is 35.5 Å². The van der Waals surface area contributed by atoms with E-state index >= 15 is 0 Å². The molecule has 1 aromatic heterocycles. The lowest BCUT2D eigenvalue weighted by Gasteiger charge is -2.11. The summed E-state index contributed by atoms with van der Waals surface area (Å²) < 4.78 is 43.9. The Morgan fingerprint density at radius 3 is 2.47 bits per heavy atom. The van der Waals surface area contributed by atoms with Gasteiger partial charge in [-0.2, -0.15) is 13.2 Å². The van der Waals surface area contributed by atoms with E-state index in [1.54, 1.807) is 6.07 Å². The van der Waals surface area contributed by atoms with Crippen LogP contribution in [-0.2, 0) is 6.18 Å². The number of halogens is 3. The van der Waals surface area contributed by atoms with Gasteiger partial charge in [-0.05, 0) is 30.3 Å². The molecular formula is C21H13F3N4O4. The summed E-state index contributed by atoms with van der Waals surface area (Å²) in [5, 5.41) is 15.7. The molecule has 0 fully saturated rings. The van der Waals surface area contributed by atoms with Crippen molar-refractivity contribution >= 4 is 28.2 Å². The number of carbonyl (C=O) groups is 1. The van der Waals surface area contributed by atoms with Crippen LogP contribution in [0, 0.1) is 10.1 Å². The first-order chi connectivity index (χ1) is 15.2. The number of hydrogen-bond donors (Lipinski definition) is 2. The van der Waals surface area contributed by atoms with Crippen LogP contribution in [0.15, 0.2) is 71.3 Å². The van der Waals surface area contributed by atoms with E-state index in [2.05, 4.69) is 16.0 Å². The van der Waals surface area contributed by atoms with Crippen LogP contribution in [0.2, 0.25) is 0 Å². The zero-order chi connectivity index (χ0) is 22.9. The third kappa shape index (κ3) is 4.08. The van der Waals surface area contributed by atoms with Crippen molar-refractivity contribution in [2.45, 2.75) is 6.18 Å². The van der Waals surface area contributed by atoms with Crippen molar-refractivity contribution < 1.29 is 27.4 Å². The molecule has 11 heteroatoms. The van der Waals surface area contributed by atoms with E-state index in [9.17, 15) is 28.1 Å². The SMILES string of the molecule is O=C(NNc1ccc(C(F)(F)F)cc1[N+](=O)[O-])c1ccc2noc(-c3ccccc3)c2c1. The maximum absolute atomic E-state index is 12.8. The number of amides is 1. The summed E-state index contributed by atoms with van der Waals surface area (Å²) in [7, 11) is 0. The first kappa shape index (κ1) is 20.8. The lowest BCUT2D eigenvalue weighted by atomic mass is 10.1. The van der Waals surface area contributed by atoms with Gasteiger partial charge in [-0.3, -0.25) is 25.8 Å². The molecule has 2 N–H and O–H groups in total. The predicted octanol–water partition coefficient (Wildman–Crippen LogP) is 5.18. The molecule has 32 heavy (non-hydrogen) atoms. The summed E-state index contributed by atoms with van der Waals surface area (Å²) in [6.45, 7) is 0. The number of anilines is 1. The number of nitro groups is 1. The van der Waals surface area contributed by atoms with E-state index in [4.69, 9.17) is 4.52 Å². The highest BCUT2D eigenvalue weighted by Crippen LogP contribution is 2.35. The van der Waals surface area contributed by atoms with Gasteiger partial charge in [-0.25, -0.2) is 0 Å². The number of nitrogens with zero attached hydrogens (tertiary/aromatic N) is 2. The van der Waals surface area contributed by atoms with Crippen LogP contribution in [0.3, 0.4) is 0 Å². The number of hydrogen-bond acceptors (Lipinski definition) is 6. The number of nitro benzene ring substituents is 1. The van der Waals surface area contributed by atoms with E-state index in [0.717, 1.165) is 11.6 Å². The molecule has 1 heterocycles. The van der Waals surface area contributed by atoms with Crippen LogP contribution in [-0.4, -0.2) is 16.0 Å². The first-order valence-electron chi connectivity index (χ1n) is 9.11. The molecule has 0 saturated carbocycles. The number of aromatic nitrogens is 1. The topological polar surface area (TPSA) is 110 Å². The average molecular weight is 442 g/mol. The number of benzene rings is 3. The first-order valence-corrected chi connectivity index (χ1v) is 9.11. The molecule has 3 aromatic carbocycles. The Labute approximate surface area is 177 Å². The second kappa shape index (κ2) is 8.02. The Morgan fingerprint density at radius 1 is 1.03 bits per heavy atom. The van der Waals surface area contributed by atoms with Crippen LogP contribution in [0.5, 0.6) is 0 Å². The summed E-state index contributed by atoms with van der Waals surface area (Å²) in [5.74, 6) is -0.206. The van der Waals surface area contributed by atoms with Crippen molar-refractivity contribution in [1.82, 2.24) is 10.6 Å². The molecule has 8 nitrogen and oxygen atoms in total. The number of carbonyl (C=O) groups excluding carboxylic acids is 1. The molecule has 4 rings (SSSR count). The molecule has 0 aliphatic carbocycles. The number of rotatable bonds is 5. The summed E-state index contributed by atoms with van der Waals surface area (Å²) in [4.78, 5) is 22.8. The molecule has 0 unspecified atom stereocenters. The predicted molar refractivity (Wildman–Crippen MR) is 109 cm³/mol. The fraction of sp³-hybridized carbons (Fsp3) is 0.0476. The van der Waals surface area contributed by atoms with Gasteiger partial charge in [0.15, 0.2) is 5.76 Å². The molecule has 162 valence electrons.